The van der Waals surface area contributed by atoms with Crippen LogP contribution in [0.3, 0.4) is 0 Å². The molecule has 10 heavy (non-hydrogen) atoms. The second kappa shape index (κ2) is 3.94. The third-order valence-electron chi connectivity index (χ3n) is 2.35. The zero-order valence-electron chi connectivity index (χ0n) is 6.64. The van der Waals surface area contributed by atoms with Gasteiger partial charge in [-0.3, -0.25) is 0 Å². The summed E-state index contributed by atoms with van der Waals surface area (Å²) in [7, 11) is 0. The predicted molar refractivity (Wildman–Crippen MR) is 41.9 cm³/mol. The van der Waals surface area contributed by atoms with Gasteiger partial charge in [0.05, 0.1) is 6.10 Å². The molecule has 0 saturated carbocycles. The minimum atomic E-state index is -0.0536. The van der Waals surface area contributed by atoms with Gasteiger partial charge in [0.2, 0.25) is 0 Å². The van der Waals surface area contributed by atoms with Gasteiger partial charge >= 0.3 is 0 Å². The van der Waals surface area contributed by atoms with Crippen LogP contribution in [-0.2, 0) is 0 Å². The van der Waals surface area contributed by atoms with Crippen LogP contribution in [0.25, 0.3) is 0 Å². The van der Waals surface area contributed by atoms with Crippen molar-refractivity contribution in [1.29, 1.82) is 0 Å². The SMILES string of the molecule is CC[C@H](O)C1CCNCC1. The highest BCUT2D eigenvalue weighted by molar-refractivity contribution is 4.73. The molecule has 1 fully saturated rings. The first-order valence-electron chi connectivity index (χ1n) is 4.23. The van der Waals surface area contributed by atoms with Gasteiger partial charge < -0.3 is 10.4 Å². The molecule has 0 unspecified atom stereocenters. The van der Waals surface area contributed by atoms with Crippen molar-refractivity contribution in [2.24, 2.45) is 5.92 Å². The van der Waals surface area contributed by atoms with Crippen LogP contribution in [0.15, 0.2) is 0 Å². The summed E-state index contributed by atoms with van der Waals surface area (Å²) in [6.45, 7) is 4.22. The highest BCUT2D eigenvalue weighted by atomic mass is 16.3. The van der Waals surface area contributed by atoms with Gasteiger partial charge in [-0.1, -0.05) is 6.92 Å². The number of aliphatic hydroxyl groups excluding tert-OH is 1. The monoisotopic (exact) mass is 143 g/mol. The molecular weight excluding hydrogens is 126 g/mol. The molecule has 1 rings (SSSR count). The number of hydrogen-bond donors (Lipinski definition) is 2. The maximum Gasteiger partial charge on any atom is 0.0566 e. The Hall–Kier alpha value is -0.0800. The number of nitrogens with one attached hydrogen (secondary N) is 1. The van der Waals surface area contributed by atoms with E-state index in [4.69, 9.17) is 0 Å². The summed E-state index contributed by atoms with van der Waals surface area (Å²) in [4.78, 5) is 0. The first-order valence-corrected chi connectivity index (χ1v) is 4.23. The molecule has 2 heteroatoms. The molecule has 2 nitrogen and oxygen atoms in total. The van der Waals surface area contributed by atoms with Gasteiger partial charge in [0, 0.05) is 0 Å². The van der Waals surface area contributed by atoms with Crippen LogP contribution >= 0.6 is 0 Å². The molecule has 0 radical (unpaired) electrons. The van der Waals surface area contributed by atoms with E-state index in [-0.39, 0.29) is 6.10 Å². The summed E-state index contributed by atoms with van der Waals surface area (Å²) in [5.41, 5.74) is 0. The van der Waals surface area contributed by atoms with E-state index in [0.717, 1.165) is 32.4 Å². The molecule has 1 saturated heterocycles. The van der Waals surface area contributed by atoms with Gasteiger partial charge in [-0.05, 0) is 38.3 Å². The van der Waals surface area contributed by atoms with E-state index < -0.39 is 0 Å². The van der Waals surface area contributed by atoms with E-state index in [1.807, 2.05) is 6.92 Å². The summed E-state index contributed by atoms with van der Waals surface area (Å²) in [5, 5.41) is 12.7. The maximum absolute atomic E-state index is 9.45. The van der Waals surface area contributed by atoms with E-state index in [9.17, 15) is 5.11 Å². The molecule has 2 N–H and O–H groups in total. The molecule has 60 valence electrons. The third kappa shape index (κ3) is 1.96. The summed E-state index contributed by atoms with van der Waals surface area (Å²) in [6, 6.07) is 0. The van der Waals surface area contributed by atoms with Crippen molar-refractivity contribution in [2.45, 2.75) is 32.3 Å². The highest BCUT2D eigenvalue weighted by Crippen LogP contribution is 2.17. The average Bonchev–Trinajstić information content (AvgIpc) is 2.05. The standard InChI is InChI=1S/C8H17NO/c1-2-8(10)7-3-5-9-6-4-7/h7-10H,2-6H2,1H3/t8-/m0/s1. The molecule has 1 aliphatic rings. The van der Waals surface area contributed by atoms with Gasteiger partial charge in [0.1, 0.15) is 0 Å². The normalized spacial score (nSPS) is 24.6. The lowest BCUT2D eigenvalue weighted by atomic mass is 9.91. The van der Waals surface area contributed by atoms with Gasteiger partial charge in [-0.15, -0.1) is 0 Å². The Morgan fingerprint density at radius 3 is 2.60 bits per heavy atom. The lowest BCUT2D eigenvalue weighted by Crippen LogP contribution is -2.33. The van der Waals surface area contributed by atoms with Crippen LogP contribution in [0.4, 0.5) is 0 Å². The Morgan fingerprint density at radius 1 is 1.50 bits per heavy atom. The van der Waals surface area contributed by atoms with E-state index in [1.54, 1.807) is 0 Å². The fourth-order valence-electron chi connectivity index (χ4n) is 1.56. The first-order chi connectivity index (χ1) is 4.84. The molecule has 0 aliphatic carbocycles. The molecule has 0 aromatic rings. The molecule has 0 bridgehead atoms. The maximum atomic E-state index is 9.45. The number of piperidine rings is 1. The van der Waals surface area contributed by atoms with Crippen LogP contribution < -0.4 is 5.32 Å². The Labute approximate surface area is 62.6 Å². The third-order valence-corrected chi connectivity index (χ3v) is 2.35. The van der Waals surface area contributed by atoms with Gasteiger partial charge in [0.25, 0.3) is 0 Å². The zero-order valence-corrected chi connectivity index (χ0v) is 6.64. The van der Waals surface area contributed by atoms with E-state index in [0.29, 0.717) is 5.92 Å². The molecule has 1 atom stereocenters. The lowest BCUT2D eigenvalue weighted by molar-refractivity contribution is 0.0855. The quantitative estimate of drug-likeness (QED) is 0.598. The van der Waals surface area contributed by atoms with E-state index in [2.05, 4.69) is 5.32 Å². The summed E-state index contributed by atoms with van der Waals surface area (Å²) in [5.74, 6) is 0.561. The number of aliphatic hydroxyl groups is 1. The van der Waals surface area contributed by atoms with Crippen LogP contribution in [0, 0.1) is 5.92 Å². The van der Waals surface area contributed by atoms with Gasteiger partial charge in [0.15, 0.2) is 0 Å². The van der Waals surface area contributed by atoms with Crippen molar-refractivity contribution in [2.75, 3.05) is 13.1 Å². The van der Waals surface area contributed by atoms with Crippen LogP contribution in [-0.4, -0.2) is 24.3 Å². The molecule has 1 heterocycles. The van der Waals surface area contributed by atoms with Crippen molar-refractivity contribution < 1.29 is 5.11 Å². The molecule has 0 spiro atoms. The molecule has 1 aliphatic heterocycles. The second-order valence-corrected chi connectivity index (χ2v) is 3.06. The Morgan fingerprint density at radius 2 is 2.10 bits per heavy atom. The first kappa shape index (κ1) is 8.02. The largest absolute Gasteiger partial charge is 0.393 e. The second-order valence-electron chi connectivity index (χ2n) is 3.06. The lowest BCUT2D eigenvalue weighted by Gasteiger charge is -2.26. The van der Waals surface area contributed by atoms with E-state index >= 15 is 0 Å². The van der Waals surface area contributed by atoms with E-state index in [1.165, 1.54) is 0 Å². The van der Waals surface area contributed by atoms with Crippen molar-refractivity contribution >= 4 is 0 Å². The fourth-order valence-corrected chi connectivity index (χ4v) is 1.56. The van der Waals surface area contributed by atoms with Crippen molar-refractivity contribution in [3.05, 3.63) is 0 Å². The Balaban J connectivity index is 2.24. The minimum absolute atomic E-state index is 0.0536. The van der Waals surface area contributed by atoms with Gasteiger partial charge in [-0.2, -0.15) is 0 Å². The molecule has 0 aromatic carbocycles. The van der Waals surface area contributed by atoms with Crippen molar-refractivity contribution in [3.63, 3.8) is 0 Å². The number of hydrogen-bond acceptors (Lipinski definition) is 2. The molecular formula is C8H17NO. The minimum Gasteiger partial charge on any atom is -0.393 e. The van der Waals surface area contributed by atoms with Crippen molar-refractivity contribution in [1.82, 2.24) is 5.32 Å². The summed E-state index contributed by atoms with van der Waals surface area (Å²) >= 11 is 0. The van der Waals surface area contributed by atoms with Crippen LogP contribution in [0.2, 0.25) is 0 Å². The smallest absolute Gasteiger partial charge is 0.0566 e. The highest BCUT2D eigenvalue weighted by Gasteiger charge is 2.19. The van der Waals surface area contributed by atoms with Crippen LogP contribution in [0.5, 0.6) is 0 Å². The fraction of sp³-hybridized carbons (Fsp3) is 1.00. The van der Waals surface area contributed by atoms with Crippen LogP contribution in [0.1, 0.15) is 26.2 Å². The summed E-state index contributed by atoms with van der Waals surface area (Å²) < 4.78 is 0. The average molecular weight is 143 g/mol. The van der Waals surface area contributed by atoms with Gasteiger partial charge in [-0.25, -0.2) is 0 Å². The predicted octanol–water partition coefficient (Wildman–Crippen LogP) is 0.757. The number of rotatable bonds is 2. The molecule has 0 amide bonds. The summed E-state index contributed by atoms with van der Waals surface area (Å²) in [6.07, 6.45) is 3.15. The molecule has 0 aromatic heterocycles. The Kier molecular flexibility index (Phi) is 3.16. The topological polar surface area (TPSA) is 32.3 Å². The van der Waals surface area contributed by atoms with Crippen molar-refractivity contribution in [3.8, 4) is 0 Å². The zero-order chi connectivity index (χ0) is 7.40. The Bertz CT molecular complexity index is 89.3.